The lowest BCUT2D eigenvalue weighted by molar-refractivity contribution is 0.123. The molecule has 7 heteroatoms. The first kappa shape index (κ1) is 12.3. The zero-order valence-electron chi connectivity index (χ0n) is 11.1. The van der Waals surface area contributed by atoms with Crippen LogP contribution in [-0.4, -0.2) is 50.9 Å². The summed E-state index contributed by atoms with van der Waals surface area (Å²) in [5.41, 5.74) is 7.37. The number of nitrogens with two attached hydrogens (primary N) is 1. The highest BCUT2D eigenvalue weighted by molar-refractivity contribution is 5.83. The topological polar surface area (TPSA) is 93.1 Å². The minimum atomic E-state index is -0.546. The van der Waals surface area contributed by atoms with Crippen molar-refractivity contribution in [3.8, 4) is 0 Å². The van der Waals surface area contributed by atoms with Gasteiger partial charge in [0.05, 0.1) is 18.5 Å². The van der Waals surface area contributed by atoms with Gasteiger partial charge in [-0.3, -0.25) is 0 Å². The van der Waals surface area contributed by atoms with Crippen molar-refractivity contribution >= 4 is 17.0 Å². The standard InChI is InChI=1S/C12H18N6O/c1-17(2)11-9-12(15-5-14-11)18(6-16-9)8-4-3-7(13)10(8)19/h5-8,10,19H,3-4,13H2,1-2H3. The molecule has 1 saturated carbocycles. The van der Waals surface area contributed by atoms with Crippen LogP contribution in [0.15, 0.2) is 12.7 Å². The highest BCUT2D eigenvalue weighted by Gasteiger charge is 2.34. The Bertz CT molecular complexity index is 595. The van der Waals surface area contributed by atoms with Crippen molar-refractivity contribution in [1.82, 2.24) is 19.5 Å². The molecule has 1 fully saturated rings. The third kappa shape index (κ3) is 1.85. The quantitative estimate of drug-likeness (QED) is 0.786. The van der Waals surface area contributed by atoms with Crippen LogP contribution >= 0.6 is 0 Å². The van der Waals surface area contributed by atoms with Gasteiger partial charge in [0, 0.05) is 20.1 Å². The van der Waals surface area contributed by atoms with Gasteiger partial charge in [-0.1, -0.05) is 0 Å². The number of aliphatic hydroxyl groups excluding tert-OH is 1. The van der Waals surface area contributed by atoms with Gasteiger partial charge in [-0.2, -0.15) is 0 Å². The zero-order chi connectivity index (χ0) is 13.6. The largest absolute Gasteiger partial charge is 0.389 e. The summed E-state index contributed by atoms with van der Waals surface area (Å²) in [5, 5.41) is 10.1. The Morgan fingerprint density at radius 3 is 2.74 bits per heavy atom. The molecule has 3 atom stereocenters. The van der Waals surface area contributed by atoms with Crippen molar-refractivity contribution in [2.24, 2.45) is 5.73 Å². The van der Waals surface area contributed by atoms with Crippen LogP contribution in [0.2, 0.25) is 0 Å². The zero-order valence-corrected chi connectivity index (χ0v) is 11.1. The molecule has 0 amide bonds. The van der Waals surface area contributed by atoms with Crippen LogP contribution in [0.25, 0.3) is 11.2 Å². The fraction of sp³-hybridized carbons (Fsp3) is 0.583. The van der Waals surface area contributed by atoms with E-state index in [9.17, 15) is 5.11 Å². The normalized spacial score (nSPS) is 27.1. The molecule has 0 aliphatic heterocycles. The fourth-order valence-corrected chi connectivity index (χ4v) is 2.70. The van der Waals surface area contributed by atoms with Gasteiger partial charge in [-0.25, -0.2) is 15.0 Å². The van der Waals surface area contributed by atoms with Crippen LogP contribution < -0.4 is 10.6 Å². The number of rotatable bonds is 2. The number of aliphatic hydroxyl groups is 1. The minimum Gasteiger partial charge on any atom is -0.389 e. The van der Waals surface area contributed by atoms with Crippen LogP contribution in [0, 0.1) is 0 Å². The summed E-state index contributed by atoms with van der Waals surface area (Å²) in [7, 11) is 3.84. The highest BCUT2D eigenvalue weighted by Crippen LogP contribution is 2.32. The van der Waals surface area contributed by atoms with Crippen molar-refractivity contribution in [3.63, 3.8) is 0 Å². The summed E-state index contributed by atoms with van der Waals surface area (Å²) in [5.74, 6) is 0.778. The summed E-state index contributed by atoms with van der Waals surface area (Å²) in [6.07, 6.45) is 4.36. The molecule has 3 N–H and O–H groups in total. The van der Waals surface area contributed by atoms with Gasteiger partial charge in [-0.05, 0) is 12.8 Å². The van der Waals surface area contributed by atoms with E-state index in [1.807, 2.05) is 23.6 Å². The van der Waals surface area contributed by atoms with Gasteiger partial charge in [0.2, 0.25) is 0 Å². The Morgan fingerprint density at radius 1 is 1.32 bits per heavy atom. The van der Waals surface area contributed by atoms with Crippen molar-refractivity contribution in [2.45, 2.75) is 31.0 Å². The number of hydrogen-bond acceptors (Lipinski definition) is 6. The van der Waals surface area contributed by atoms with E-state index >= 15 is 0 Å². The van der Waals surface area contributed by atoms with Gasteiger partial charge >= 0.3 is 0 Å². The molecular weight excluding hydrogens is 244 g/mol. The van der Waals surface area contributed by atoms with E-state index in [4.69, 9.17) is 5.73 Å². The number of imidazole rings is 1. The Morgan fingerprint density at radius 2 is 2.11 bits per heavy atom. The molecule has 0 aromatic carbocycles. The lowest BCUT2D eigenvalue weighted by Crippen LogP contribution is -2.33. The Hall–Kier alpha value is -1.73. The van der Waals surface area contributed by atoms with Gasteiger partial charge in [-0.15, -0.1) is 0 Å². The van der Waals surface area contributed by atoms with Crippen LogP contribution in [-0.2, 0) is 0 Å². The molecule has 0 bridgehead atoms. The number of hydrogen-bond donors (Lipinski definition) is 2. The molecule has 3 rings (SSSR count). The van der Waals surface area contributed by atoms with Crippen LogP contribution in [0.5, 0.6) is 0 Å². The Balaban J connectivity index is 2.09. The van der Waals surface area contributed by atoms with Gasteiger partial charge in [0.1, 0.15) is 6.33 Å². The van der Waals surface area contributed by atoms with E-state index in [1.165, 1.54) is 6.33 Å². The van der Waals surface area contributed by atoms with E-state index in [-0.39, 0.29) is 12.1 Å². The molecule has 102 valence electrons. The molecule has 2 heterocycles. The molecule has 3 unspecified atom stereocenters. The first-order chi connectivity index (χ1) is 9.09. The maximum Gasteiger partial charge on any atom is 0.165 e. The summed E-state index contributed by atoms with van der Waals surface area (Å²) in [6, 6.07) is -0.220. The summed E-state index contributed by atoms with van der Waals surface area (Å²) in [6.45, 7) is 0. The average molecular weight is 262 g/mol. The molecule has 19 heavy (non-hydrogen) atoms. The molecule has 0 radical (unpaired) electrons. The first-order valence-electron chi connectivity index (χ1n) is 6.38. The van der Waals surface area contributed by atoms with E-state index in [0.29, 0.717) is 0 Å². The Labute approximate surface area is 111 Å². The second kappa shape index (κ2) is 4.43. The number of fused-ring (bicyclic) bond motifs is 1. The monoisotopic (exact) mass is 262 g/mol. The van der Waals surface area contributed by atoms with E-state index < -0.39 is 6.10 Å². The fourth-order valence-electron chi connectivity index (χ4n) is 2.70. The molecule has 1 aliphatic carbocycles. The van der Waals surface area contributed by atoms with Crippen molar-refractivity contribution in [2.75, 3.05) is 19.0 Å². The maximum atomic E-state index is 10.1. The number of aromatic nitrogens is 4. The van der Waals surface area contributed by atoms with Crippen molar-refractivity contribution in [3.05, 3.63) is 12.7 Å². The predicted molar refractivity (Wildman–Crippen MR) is 71.9 cm³/mol. The van der Waals surface area contributed by atoms with Crippen molar-refractivity contribution in [1.29, 1.82) is 0 Å². The second-order valence-electron chi connectivity index (χ2n) is 5.21. The molecule has 2 aromatic heterocycles. The maximum absolute atomic E-state index is 10.1. The molecule has 2 aromatic rings. The van der Waals surface area contributed by atoms with Crippen LogP contribution in [0.3, 0.4) is 0 Å². The molecule has 0 saturated heterocycles. The molecular formula is C12H18N6O. The van der Waals surface area contributed by atoms with E-state index in [2.05, 4.69) is 15.0 Å². The Kier molecular flexibility index (Phi) is 2.87. The number of nitrogens with zero attached hydrogens (tertiary/aromatic N) is 5. The lowest BCUT2D eigenvalue weighted by atomic mass is 10.2. The van der Waals surface area contributed by atoms with Gasteiger partial charge in [0.15, 0.2) is 17.0 Å². The third-order valence-electron chi connectivity index (χ3n) is 3.75. The first-order valence-corrected chi connectivity index (χ1v) is 6.38. The van der Waals surface area contributed by atoms with Crippen LogP contribution in [0.1, 0.15) is 18.9 Å². The number of anilines is 1. The smallest absolute Gasteiger partial charge is 0.165 e. The van der Waals surface area contributed by atoms with Gasteiger partial charge in [0.25, 0.3) is 0 Å². The third-order valence-corrected chi connectivity index (χ3v) is 3.75. The minimum absolute atomic E-state index is 0.0510. The van der Waals surface area contributed by atoms with Crippen LogP contribution in [0.4, 0.5) is 5.82 Å². The highest BCUT2D eigenvalue weighted by atomic mass is 16.3. The summed E-state index contributed by atoms with van der Waals surface area (Å²) < 4.78 is 1.92. The second-order valence-corrected chi connectivity index (χ2v) is 5.21. The summed E-state index contributed by atoms with van der Waals surface area (Å²) >= 11 is 0. The predicted octanol–water partition coefficient (Wildman–Crippen LogP) is -0.0846. The van der Waals surface area contributed by atoms with E-state index in [0.717, 1.165) is 29.8 Å². The summed E-state index contributed by atoms with van der Waals surface area (Å²) in [4.78, 5) is 14.8. The SMILES string of the molecule is CN(C)c1ncnc2c1ncn2C1CCC(N)C1O. The average Bonchev–Trinajstić information content (AvgIpc) is 2.94. The molecule has 0 spiro atoms. The molecule has 1 aliphatic rings. The van der Waals surface area contributed by atoms with E-state index in [1.54, 1.807) is 6.33 Å². The molecule has 7 nitrogen and oxygen atoms in total. The van der Waals surface area contributed by atoms with Crippen molar-refractivity contribution < 1.29 is 5.11 Å². The lowest BCUT2D eigenvalue weighted by Gasteiger charge is -2.19. The van der Waals surface area contributed by atoms with Gasteiger partial charge < -0.3 is 20.3 Å².